The third kappa shape index (κ3) is 1.33. The fourth-order valence-electron chi connectivity index (χ4n) is 2.05. The molecule has 0 fully saturated rings. The third-order valence-corrected chi connectivity index (χ3v) is 3.33. The van der Waals surface area contributed by atoms with Gasteiger partial charge in [0.25, 0.3) is 5.78 Å². The molecule has 0 aromatic carbocycles. The fraction of sp³-hybridized carbons (Fsp3) is 0.500. The number of hydrogen-bond acceptors (Lipinski definition) is 5. The van der Waals surface area contributed by atoms with Crippen LogP contribution >= 0.6 is 12.6 Å². The van der Waals surface area contributed by atoms with Crippen LogP contribution in [0.5, 0.6) is 0 Å². The summed E-state index contributed by atoms with van der Waals surface area (Å²) < 4.78 is 1.61. The maximum atomic E-state index is 9.43. The second kappa shape index (κ2) is 3.43. The molecular formula is C10H12N4OS. The van der Waals surface area contributed by atoms with E-state index in [-0.39, 0.29) is 0 Å². The maximum Gasteiger partial charge on any atom is 0.253 e. The van der Waals surface area contributed by atoms with E-state index in [4.69, 9.17) is 0 Å². The smallest absolute Gasteiger partial charge is 0.253 e. The summed E-state index contributed by atoms with van der Waals surface area (Å²) in [6.07, 6.45) is 2.42. The van der Waals surface area contributed by atoms with Gasteiger partial charge in [0.2, 0.25) is 0 Å². The predicted octanol–water partition coefficient (Wildman–Crippen LogP) is 0.955. The van der Waals surface area contributed by atoms with Gasteiger partial charge in [0.05, 0.1) is 5.69 Å². The number of aromatic nitrogens is 4. The van der Waals surface area contributed by atoms with Crippen LogP contribution in [0.3, 0.4) is 0 Å². The summed E-state index contributed by atoms with van der Waals surface area (Å²) in [5, 5.41) is 14.4. The molecule has 5 nitrogen and oxygen atoms in total. The number of thiol groups is 1. The molecule has 2 aromatic heterocycles. The molecule has 0 aliphatic heterocycles. The third-order valence-electron chi connectivity index (χ3n) is 2.87. The van der Waals surface area contributed by atoms with E-state index in [2.05, 4.69) is 27.7 Å². The number of aliphatic hydroxyl groups is 1. The van der Waals surface area contributed by atoms with Crippen molar-refractivity contribution in [3.63, 3.8) is 0 Å². The van der Waals surface area contributed by atoms with Gasteiger partial charge < -0.3 is 5.11 Å². The van der Waals surface area contributed by atoms with Crippen molar-refractivity contribution in [1.29, 1.82) is 0 Å². The molecule has 0 radical (unpaired) electrons. The van der Waals surface area contributed by atoms with Crippen LogP contribution in [0.4, 0.5) is 0 Å². The second-order valence-electron chi connectivity index (χ2n) is 4.07. The Kier molecular flexibility index (Phi) is 2.15. The quantitative estimate of drug-likeness (QED) is 0.571. The number of nitrogens with zero attached hydrogens (tertiary/aromatic N) is 4. The molecule has 1 aliphatic rings. The molecule has 6 heteroatoms. The van der Waals surface area contributed by atoms with Gasteiger partial charge in [-0.2, -0.15) is 9.50 Å². The molecule has 1 atom stereocenters. The number of aryl methyl sites for hydroxylation is 1. The standard InChI is InChI=1S/C10H12N4OS/c1-5(15)8-12-10-11-7-4-2-3-6(7)9(16)14(10)13-8/h5,15-16H,2-4H2,1H3. The van der Waals surface area contributed by atoms with E-state index >= 15 is 0 Å². The van der Waals surface area contributed by atoms with E-state index in [9.17, 15) is 5.11 Å². The summed E-state index contributed by atoms with van der Waals surface area (Å²) in [6.45, 7) is 1.64. The van der Waals surface area contributed by atoms with Crippen LogP contribution < -0.4 is 0 Å². The van der Waals surface area contributed by atoms with Gasteiger partial charge in [-0.25, -0.2) is 4.98 Å². The van der Waals surface area contributed by atoms with E-state index in [1.807, 2.05) is 0 Å². The fourth-order valence-corrected chi connectivity index (χ4v) is 2.43. The minimum absolute atomic E-state index is 0.395. The molecule has 0 bridgehead atoms. The van der Waals surface area contributed by atoms with Crippen LogP contribution in [0.2, 0.25) is 0 Å². The maximum absolute atomic E-state index is 9.43. The van der Waals surface area contributed by atoms with Crippen LogP contribution in [0, 0.1) is 0 Å². The van der Waals surface area contributed by atoms with Crippen LogP contribution in [-0.2, 0) is 12.8 Å². The van der Waals surface area contributed by atoms with Gasteiger partial charge in [-0.1, -0.05) is 0 Å². The van der Waals surface area contributed by atoms with E-state index in [0.29, 0.717) is 11.6 Å². The molecule has 16 heavy (non-hydrogen) atoms. The Morgan fingerprint density at radius 3 is 2.94 bits per heavy atom. The summed E-state index contributed by atoms with van der Waals surface area (Å²) in [7, 11) is 0. The first-order valence-corrected chi connectivity index (χ1v) is 5.77. The first kappa shape index (κ1) is 10.0. The normalized spacial score (nSPS) is 16.7. The van der Waals surface area contributed by atoms with Crippen LogP contribution in [0.1, 0.15) is 36.5 Å². The molecule has 2 heterocycles. The zero-order valence-electron chi connectivity index (χ0n) is 8.88. The van der Waals surface area contributed by atoms with Gasteiger partial charge >= 0.3 is 0 Å². The van der Waals surface area contributed by atoms with Gasteiger partial charge in [0, 0.05) is 5.56 Å². The topological polar surface area (TPSA) is 63.3 Å². The number of hydrogen-bond donors (Lipinski definition) is 2. The Morgan fingerprint density at radius 2 is 2.19 bits per heavy atom. The van der Waals surface area contributed by atoms with Crippen LogP contribution in [0.15, 0.2) is 5.03 Å². The van der Waals surface area contributed by atoms with Crippen molar-refractivity contribution in [2.75, 3.05) is 0 Å². The minimum atomic E-state index is -0.677. The Hall–Kier alpha value is -1.14. The lowest BCUT2D eigenvalue weighted by Crippen LogP contribution is -2.01. The van der Waals surface area contributed by atoms with Crippen molar-refractivity contribution >= 4 is 18.4 Å². The highest BCUT2D eigenvalue weighted by molar-refractivity contribution is 7.80. The average molecular weight is 236 g/mol. The lowest BCUT2D eigenvalue weighted by molar-refractivity contribution is 0.189. The SMILES string of the molecule is CC(O)c1nc2nc3c(c(S)n2n1)CCC3. The molecule has 0 saturated heterocycles. The number of rotatable bonds is 1. The van der Waals surface area contributed by atoms with Gasteiger partial charge in [-0.15, -0.1) is 17.7 Å². The van der Waals surface area contributed by atoms with Gasteiger partial charge in [-0.3, -0.25) is 0 Å². The van der Waals surface area contributed by atoms with Crippen LogP contribution in [-0.4, -0.2) is 24.7 Å². The molecule has 1 aliphatic carbocycles. The van der Waals surface area contributed by atoms with E-state index < -0.39 is 6.10 Å². The molecular weight excluding hydrogens is 224 g/mol. The van der Waals surface area contributed by atoms with Gasteiger partial charge in [0.1, 0.15) is 11.1 Å². The number of fused-ring (bicyclic) bond motifs is 2. The Bertz CT molecular complexity index is 563. The molecule has 1 N–H and O–H groups in total. The zero-order chi connectivity index (χ0) is 11.3. The van der Waals surface area contributed by atoms with Crippen LogP contribution in [0.25, 0.3) is 5.78 Å². The van der Waals surface area contributed by atoms with Gasteiger partial charge in [-0.05, 0) is 26.2 Å². The van der Waals surface area contributed by atoms with E-state index in [0.717, 1.165) is 35.5 Å². The molecule has 0 amide bonds. The highest BCUT2D eigenvalue weighted by Crippen LogP contribution is 2.26. The van der Waals surface area contributed by atoms with Crippen molar-refractivity contribution in [3.8, 4) is 0 Å². The van der Waals surface area contributed by atoms with E-state index in [1.54, 1.807) is 11.4 Å². The van der Waals surface area contributed by atoms with Crippen molar-refractivity contribution in [1.82, 2.24) is 19.6 Å². The average Bonchev–Trinajstić information content (AvgIpc) is 2.83. The molecule has 1 unspecified atom stereocenters. The monoisotopic (exact) mass is 236 g/mol. The van der Waals surface area contributed by atoms with Crippen molar-refractivity contribution < 1.29 is 5.11 Å². The zero-order valence-corrected chi connectivity index (χ0v) is 9.78. The molecule has 0 saturated carbocycles. The largest absolute Gasteiger partial charge is 0.385 e. The lowest BCUT2D eigenvalue weighted by atomic mass is 10.3. The Labute approximate surface area is 97.9 Å². The summed E-state index contributed by atoms with van der Waals surface area (Å²) in [5.74, 6) is 0.924. The van der Waals surface area contributed by atoms with Crippen molar-refractivity contribution in [2.45, 2.75) is 37.3 Å². The number of aliphatic hydroxyl groups excluding tert-OH is 1. The highest BCUT2D eigenvalue weighted by atomic mass is 32.1. The first-order valence-electron chi connectivity index (χ1n) is 5.32. The molecule has 2 aromatic rings. The molecule has 84 valence electrons. The summed E-state index contributed by atoms with van der Waals surface area (Å²) >= 11 is 4.47. The Balaban J connectivity index is 2.28. The molecule has 0 spiro atoms. The Morgan fingerprint density at radius 1 is 1.38 bits per heavy atom. The predicted molar refractivity (Wildman–Crippen MR) is 60.7 cm³/mol. The summed E-state index contributed by atoms with van der Waals surface area (Å²) in [6, 6.07) is 0. The summed E-state index contributed by atoms with van der Waals surface area (Å²) in [4.78, 5) is 8.64. The van der Waals surface area contributed by atoms with E-state index in [1.165, 1.54) is 0 Å². The van der Waals surface area contributed by atoms with Gasteiger partial charge in [0.15, 0.2) is 5.82 Å². The summed E-state index contributed by atoms with van der Waals surface area (Å²) in [5.41, 5.74) is 2.24. The molecule has 3 rings (SSSR count). The first-order chi connectivity index (χ1) is 7.66. The highest BCUT2D eigenvalue weighted by Gasteiger charge is 2.20. The van der Waals surface area contributed by atoms with Crippen molar-refractivity contribution in [3.05, 3.63) is 17.1 Å². The second-order valence-corrected chi connectivity index (χ2v) is 4.50. The lowest BCUT2D eigenvalue weighted by Gasteiger charge is -2.03. The minimum Gasteiger partial charge on any atom is -0.385 e. The van der Waals surface area contributed by atoms with Crippen molar-refractivity contribution in [2.24, 2.45) is 0 Å².